The highest BCUT2D eigenvalue weighted by Crippen LogP contribution is 2.12. The molecule has 334 valence electrons. The Labute approximate surface area is 357 Å². The van der Waals surface area contributed by atoms with Crippen molar-refractivity contribution < 1.29 is 28.8 Å². The molecule has 0 aliphatic rings. The van der Waals surface area contributed by atoms with E-state index in [2.05, 4.69) is 0 Å². The molecule has 8 N–H and O–H groups in total. The lowest BCUT2D eigenvalue weighted by molar-refractivity contribution is -0.148. The predicted octanol–water partition coefficient (Wildman–Crippen LogP) is 1.01. The maximum atomic E-state index is 14.4. The molecule has 0 aliphatic heterocycles. The molecule has 60 heavy (non-hydrogen) atoms. The summed E-state index contributed by atoms with van der Waals surface area (Å²) < 4.78 is 0. The van der Waals surface area contributed by atoms with Crippen LogP contribution in [-0.4, -0.2) is 163 Å². The van der Waals surface area contributed by atoms with E-state index in [-0.39, 0.29) is 77.1 Å². The van der Waals surface area contributed by atoms with E-state index in [1.54, 1.807) is 0 Å². The van der Waals surface area contributed by atoms with Gasteiger partial charge in [0, 0.05) is 32.7 Å². The molecule has 2 aromatic rings. The van der Waals surface area contributed by atoms with Crippen LogP contribution in [0.2, 0.25) is 0 Å². The average molecular weight is 837 g/mol. The Morgan fingerprint density at radius 1 is 0.400 bits per heavy atom. The molecule has 0 saturated heterocycles. The van der Waals surface area contributed by atoms with Gasteiger partial charge in [-0.05, 0) is 109 Å². The highest BCUT2D eigenvalue weighted by molar-refractivity contribution is 5.92. The summed E-state index contributed by atoms with van der Waals surface area (Å²) in [5.74, 6) is -2.12. The van der Waals surface area contributed by atoms with Gasteiger partial charge in [-0.1, -0.05) is 60.7 Å². The fourth-order valence-electron chi connectivity index (χ4n) is 6.55. The summed E-state index contributed by atoms with van der Waals surface area (Å²) in [7, 11) is 1.86. The van der Waals surface area contributed by atoms with Gasteiger partial charge in [0.05, 0.1) is 32.7 Å². The van der Waals surface area contributed by atoms with E-state index < -0.39 is 23.6 Å². The molecule has 0 bridgehead atoms. The Kier molecular flexibility index (Phi) is 26.0. The average Bonchev–Trinajstić information content (AvgIpc) is 3.22. The van der Waals surface area contributed by atoms with E-state index in [1.807, 2.05) is 72.6 Å². The lowest BCUT2D eigenvalue weighted by atomic mass is 10.2. The van der Waals surface area contributed by atoms with Crippen LogP contribution in [-0.2, 0) is 41.9 Å². The van der Waals surface area contributed by atoms with Crippen molar-refractivity contribution in [3.05, 3.63) is 71.8 Å². The summed E-state index contributed by atoms with van der Waals surface area (Å²) in [5, 5.41) is 0. The Balaban J connectivity index is 2.38. The van der Waals surface area contributed by atoms with Crippen molar-refractivity contribution in [2.24, 2.45) is 22.9 Å². The maximum Gasteiger partial charge on any atom is 0.242 e. The molecule has 0 atom stereocenters. The number of Topliss-reactive ketones (excluding diaryl/α,β-unsaturated/α-hetero) is 1. The van der Waals surface area contributed by atoms with Gasteiger partial charge in [-0.3, -0.25) is 33.7 Å². The van der Waals surface area contributed by atoms with Crippen molar-refractivity contribution in [1.82, 2.24) is 29.4 Å². The maximum absolute atomic E-state index is 14.4. The highest BCUT2D eigenvalue weighted by atomic mass is 16.2. The summed E-state index contributed by atoms with van der Waals surface area (Å²) in [6.07, 6.45) is 5.29. The molecule has 0 radical (unpaired) electrons. The normalized spacial score (nSPS) is 11.0. The smallest absolute Gasteiger partial charge is 0.242 e. The second-order valence-electron chi connectivity index (χ2n) is 15.3. The summed E-state index contributed by atoms with van der Waals surface area (Å²) in [5.41, 5.74) is 24.6. The molecule has 0 aliphatic carbocycles. The Morgan fingerprint density at radius 2 is 0.700 bits per heavy atom. The number of carbonyl (C=O) groups excluding carboxylic acids is 6. The largest absolute Gasteiger partial charge is 0.332 e. The molecule has 5 amide bonds. The van der Waals surface area contributed by atoms with Gasteiger partial charge in [0.2, 0.25) is 29.5 Å². The molecule has 2 aromatic carbocycles. The first-order valence-electron chi connectivity index (χ1n) is 21.4. The van der Waals surface area contributed by atoms with Gasteiger partial charge in [0.15, 0.2) is 0 Å². The van der Waals surface area contributed by atoms with Crippen LogP contribution in [0.25, 0.3) is 0 Å². The third-order valence-electron chi connectivity index (χ3n) is 9.96. The van der Waals surface area contributed by atoms with Gasteiger partial charge in [-0.15, -0.1) is 0 Å². The van der Waals surface area contributed by atoms with Crippen LogP contribution in [0.5, 0.6) is 0 Å². The molecule has 16 nitrogen and oxygen atoms in total. The SMILES string of the molecule is CC(=O)CN(Cc1ccccc1)C(=O)CN(CCCCN)C(=O)CN(Cc1ccccc1)C(=O)CN(CCCCN)C(=O)CN(CCCCN)C(=O)CN(C)CCCCN. The zero-order valence-corrected chi connectivity index (χ0v) is 36.2. The third-order valence-corrected chi connectivity index (χ3v) is 9.96. The zero-order valence-electron chi connectivity index (χ0n) is 36.2. The number of hydrogen-bond donors (Lipinski definition) is 4. The quantitative estimate of drug-likeness (QED) is 0.0761. The second kappa shape index (κ2) is 30.3. The zero-order chi connectivity index (χ0) is 44.1. The molecular weight excluding hydrogens is 765 g/mol. The number of likely N-dealkylation sites (N-methyl/N-ethyl adjacent to an activating group) is 1. The van der Waals surface area contributed by atoms with Gasteiger partial charge in [-0.25, -0.2) is 0 Å². The second-order valence-corrected chi connectivity index (χ2v) is 15.3. The summed E-state index contributed by atoms with van der Waals surface area (Å²) in [6, 6.07) is 18.5. The van der Waals surface area contributed by atoms with Crippen molar-refractivity contribution >= 4 is 35.3 Å². The van der Waals surface area contributed by atoms with E-state index in [4.69, 9.17) is 22.9 Å². The first-order valence-corrected chi connectivity index (χ1v) is 21.4. The minimum atomic E-state index is -0.468. The Hall–Kier alpha value is -4.74. The number of amides is 5. The summed E-state index contributed by atoms with van der Waals surface area (Å²) in [4.78, 5) is 91.4. The van der Waals surface area contributed by atoms with E-state index >= 15 is 0 Å². The molecule has 0 saturated carbocycles. The first kappa shape index (κ1) is 51.4. The molecule has 0 fully saturated rings. The molecular formula is C44H72N10O6. The highest BCUT2D eigenvalue weighted by Gasteiger charge is 2.29. The van der Waals surface area contributed by atoms with Crippen LogP contribution in [0.3, 0.4) is 0 Å². The van der Waals surface area contributed by atoms with Crippen LogP contribution in [0, 0.1) is 0 Å². The lowest BCUT2D eigenvalue weighted by Gasteiger charge is -2.32. The topological polar surface area (TPSA) is 226 Å². The van der Waals surface area contributed by atoms with Crippen LogP contribution >= 0.6 is 0 Å². The fourth-order valence-corrected chi connectivity index (χ4v) is 6.55. The molecule has 0 aromatic heterocycles. The van der Waals surface area contributed by atoms with Crippen LogP contribution < -0.4 is 22.9 Å². The summed E-state index contributed by atoms with van der Waals surface area (Å²) in [6.45, 7) is 3.77. The number of nitrogens with zero attached hydrogens (tertiary/aromatic N) is 6. The van der Waals surface area contributed by atoms with E-state index in [9.17, 15) is 28.8 Å². The van der Waals surface area contributed by atoms with Crippen molar-refractivity contribution in [3.63, 3.8) is 0 Å². The molecule has 0 unspecified atom stereocenters. The number of benzene rings is 2. The van der Waals surface area contributed by atoms with Gasteiger partial charge < -0.3 is 47.4 Å². The lowest BCUT2D eigenvalue weighted by Crippen LogP contribution is -2.51. The molecule has 0 heterocycles. The standard InChI is InChI=1S/C44H72N10O6/c1-37(55)29-53(30-38-17-5-3-6-18-38)43(59)34-52(28-16-12-24-48)42(58)36-54(31-39-19-7-4-8-20-39)44(60)35-51(27-15-11-23-47)41(57)33-50(26-14-10-22-46)40(56)32-49(2)25-13-9-21-45/h3-8,17-20H,9-16,21-36,45-48H2,1-2H3. The summed E-state index contributed by atoms with van der Waals surface area (Å²) >= 11 is 0. The Morgan fingerprint density at radius 3 is 1.05 bits per heavy atom. The van der Waals surface area contributed by atoms with Gasteiger partial charge in [-0.2, -0.15) is 0 Å². The number of hydrogen-bond acceptors (Lipinski definition) is 11. The Bertz CT molecular complexity index is 1570. The number of nitrogens with two attached hydrogens (primary N) is 4. The van der Waals surface area contributed by atoms with Crippen molar-refractivity contribution in [2.45, 2.75) is 71.4 Å². The van der Waals surface area contributed by atoms with Gasteiger partial charge in [0.25, 0.3) is 0 Å². The van der Waals surface area contributed by atoms with Crippen LogP contribution in [0.15, 0.2) is 60.7 Å². The van der Waals surface area contributed by atoms with Crippen molar-refractivity contribution in [2.75, 3.05) is 98.7 Å². The van der Waals surface area contributed by atoms with Crippen molar-refractivity contribution in [3.8, 4) is 0 Å². The van der Waals surface area contributed by atoms with Crippen LogP contribution in [0.1, 0.15) is 69.4 Å². The van der Waals surface area contributed by atoms with Crippen LogP contribution in [0.4, 0.5) is 0 Å². The minimum Gasteiger partial charge on any atom is -0.332 e. The van der Waals surface area contributed by atoms with E-state index in [0.29, 0.717) is 77.8 Å². The third kappa shape index (κ3) is 21.0. The molecule has 16 heteroatoms. The monoisotopic (exact) mass is 837 g/mol. The van der Waals surface area contributed by atoms with Gasteiger partial charge in [0.1, 0.15) is 12.3 Å². The van der Waals surface area contributed by atoms with E-state index in [0.717, 1.165) is 24.0 Å². The molecule has 0 spiro atoms. The molecule has 2 rings (SSSR count). The minimum absolute atomic E-state index is 0.0749. The number of unbranched alkanes of at least 4 members (excludes halogenated alkanes) is 4. The number of ketones is 1. The predicted molar refractivity (Wildman–Crippen MR) is 235 cm³/mol. The number of rotatable bonds is 32. The van der Waals surface area contributed by atoms with E-state index in [1.165, 1.54) is 31.4 Å². The van der Waals surface area contributed by atoms with Crippen molar-refractivity contribution in [1.29, 1.82) is 0 Å². The van der Waals surface area contributed by atoms with Gasteiger partial charge >= 0.3 is 0 Å². The number of carbonyl (C=O) groups is 6. The fraction of sp³-hybridized carbons (Fsp3) is 0.591. The first-order chi connectivity index (χ1) is 28.9.